The lowest BCUT2D eigenvalue weighted by Gasteiger charge is -2.03. The highest BCUT2D eigenvalue weighted by atomic mass is 14.9. The van der Waals surface area contributed by atoms with Crippen LogP contribution in [0.15, 0.2) is 36.8 Å². The highest BCUT2D eigenvalue weighted by Crippen LogP contribution is 2.03. The zero-order valence-corrected chi connectivity index (χ0v) is 8.77. The SMILES string of the molecule is N#Cc1cccc(CNCc2cnc[nH]2)c1. The van der Waals surface area contributed by atoms with Gasteiger partial charge in [-0.15, -0.1) is 0 Å². The monoisotopic (exact) mass is 212 g/mol. The molecule has 0 saturated heterocycles. The highest BCUT2D eigenvalue weighted by molar-refractivity contribution is 5.32. The summed E-state index contributed by atoms with van der Waals surface area (Å²) >= 11 is 0. The third kappa shape index (κ3) is 2.69. The molecule has 0 spiro atoms. The number of benzene rings is 1. The largest absolute Gasteiger partial charge is 0.347 e. The van der Waals surface area contributed by atoms with Crippen molar-refractivity contribution < 1.29 is 0 Å². The van der Waals surface area contributed by atoms with Gasteiger partial charge in [-0.1, -0.05) is 12.1 Å². The van der Waals surface area contributed by atoms with Gasteiger partial charge in [0, 0.05) is 25.0 Å². The Kier molecular flexibility index (Phi) is 3.31. The highest BCUT2D eigenvalue weighted by Gasteiger charge is 1.96. The molecule has 0 fully saturated rings. The summed E-state index contributed by atoms with van der Waals surface area (Å²) in [4.78, 5) is 6.96. The number of rotatable bonds is 4. The van der Waals surface area contributed by atoms with Crippen LogP contribution in [-0.2, 0) is 13.1 Å². The van der Waals surface area contributed by atoms with Crippen LogP contribution in [0.4, 0.5) is 0 Å². The van der Waals surface area contributed by atoms with Gasteiger partial charge in [-0.05, 0) is 17.7 Å². The molecule has 0 aliphatic carbocycles. The standard InChI is InChI=1S/C12H12N4/c13-5-10-2-1-3-11(4-10)6-14-7-12-8-15-9-16-12/h1-4,8-9,14H,6-7H2,(H,15,16). The maximum atomic E-state index is 8.75. The molecule has 0 aliphatic heterocycles. The van der Waals surface area contributed by atoms with Gasteiger partial charge in [-0.3, -0.25) is 0 Å². The Labute approximate surface area is 94.0 Å². The molecule has 0 amide bonds. The first-order valence-corrected chi connectivity index (χ1v) is 5.05. The van der Waals surface area contributed by atoms with Crippen LogP contribution in [0, 0.1) is 11.3 Å². The molecule has 2 aromatic rings. The summed E-state index contributed by atoms with van der Waals surface area (Å²) in [5.74, 6) is 0. The van der Waals surface area contributed by atoms with Crippen LogP contribution in [0.2, 0.25) is 0 Å². The van der Waals surface area contributed by atoms with Crippen LogP contribution in [-0.4, -0.2) is 9.97 Å². The summed E-state index contributed by atoms with van der Waals surface area (Å²) in [5, 5.41) is 12.0. The molecule has 1 heterocycles. The molecular weight excluding hydrogens is 200 g/mol. The number of nitrogens with zero attached hydrogens (tertiary/aromatic N) is 2. The summed E-state index contributed by atoms with van der Waals surface area (Å²) < 4.78 is 0. The first-order chi connectivity index (χ1) is 7.88. The molecule has 2 N–H and O–H groups in total. The molecule has 0 saturated carbocycles. The summed E-state index contributed by atoms with van der Waals surface area (Å²) in [6, 6.07) is 9.72. The molecule has 1 aromatic heterocycles. The minimum absolute atomic E-state index is 0.695. The molecule has 80 valence electrons. The fourth-order valence-corrected chi connectivity index (χ4v) is 1.47. The van der Waals surface area contributed by atoms with Gasteiger partial charge in [0.2, 0.25) is 0 Å². The van der Waals surface area contributed by atoms with Crippen molar-refractivity contribution in [2.45, 2.75) is 13.1 Å². The molecule has 4 nitrogen and oxygen atoms in total. The smallest absolute Gasteiger partial charge is 0.0991 e. The maximum absolute atomic E-state index is 8.75. The van der Waals surface area contributed by atoms with E-state index in [0.717, 1.165) is 24.3 Å². The molecule has 0 unspecified atom stereocenters. The van der Waals surface area contributed by atoms with Crippen LogP contribution in [0.3, 0.4) is 0 Å². The summed E-state index contributed by atoms with van der Waals surface area (Å²) in [6.45, 7) is 1.49. The van der Waals surface area contributed by atoms with Gasteiger partial charge in [-0.2, -0.15) is 5.26 Å². The van der Waals surface area contributed by atoms with Gasteiger partial charge in [0.25, 0.3) is 0 Å². The van der Waals surface area contributed by atoms with E-state index in [-0.39, 0.29) is 0 Å². The van der Waals surface area contributed by atoms with Gasteiger partial charge in [0.05, 0.1) is 18.0 Å². The Morgan fingerprint density at radius 3 is 3.06 bits per heavy atom. The third-order valence-electron chi connectivity index (χ3n) is 2.26. The number of hydrogen-bond donors (Lipinski definition) is 2. The molecule has 0 aliphatic rings. The van der Waals surface area contributed by atoms with E-state index in [1.807, 2.05) is 18.2 Å². The minimum Gasteiger partial charge on any atom is -0.347 e. The molecule has 2 rings (SSSR count). The second-order valence-corrected chi connectivity index (χ2v) is 3.49. The van der Waals surface area contributed by atoms with E-state index in [9.17, 15) is 0 Å². The first kappa shape index (κ1) is 10.4. The number of hydrogen-bond acceptors (Lipinski definition) is 3. The summed E-state index contributed by atoms with van der Waals surface area (Å²) in [7, 11) is 0. The average Bonchev–Trinajstić information content (AvgIpc) is 2.82. The molecule has 0 atom stereocenters. The predicted octanol–water partition coefficient (Wildman–Crippen LogP) is 1.57. The summed E-state index contributed by atoms with van der Waals surface area (Å²) in [6.07, 6.45) is 3.45. The van der Waals surface area contributed by atoms with E-state index in [1.165, 1.54) is 0 Å². The number of H-pyrrole nitrogens is 1. The van der Waals surface area contributed by atoms with Crippen LogP contribution in [0.1, 0.15) is 16.8 Å². The van der Waals surface area contributed by atoms with Crippen molar-refractivity contribution in [2.24, 2.45) is 0 Å². The van der Waals surface area contributed by atoms with Crippen molar-refractivity contribution in [1.82, 2.24) is 15.3 Å². The summed E-state index contributed by atoms with van der Waals surface area (Å²) in [5.41, 5.74) is 2.86. The Morgan fingerprint density at radius 2 is 2.31 bits per heavy atom. The maximum Gasteiger partial charge on any atom is 0.0991 e. The van der Waals surface area contributed by atoms with Crippen LogP contribution in [0.25, 0.3) is 0 Å². The van der Waals surface area contributed by atoms with E-state index >= 15 is 0 Å². The number of nitrogens with one attached hydrogen (secondary N) is 2. The quantitative estimate of drug-likeness (QED) is 0.808. The van der Waals surface area contributed by atoms with Crippen LogP contribution in [0.5, 0.6) is 0 Å². The van der Waals surface area contributed by atoms with Crippen molar-refractivity contribution in [1.29, 1.82) is 5.26 Å². The molecular formula is C12H12N4. The van der Waals surface area contributed by atoms with E-state index < -0.39 is 0 Å². The van der Waals surface area contributed by atoms with Gasteiger partial charge in [0.1, 0.15) is 0 Å². The fourth-order valence-electron chi connectivity index (χ4n) is 1.47. The second kappa shape index (κ2) is 5.10. The van der Waals surface area contributed by atoms with Crippen molar-refractivity contribution in [2.75, 3.05) is 0 Å². The lowest BCUT2D eigenvalue weighted by atomic mass is 10.1. The van der Waals surface area contributed by atoms with Crippen molar-refractivity contribution >= 4 is 0 Å². The number of nitriles is 1. The topological polar surface area (TPSA) is 64.5 Å². The minimum atomic E-state index is 0.695. The molecule has 1 aromatic carbocycles. The predicted molar refractivity (Wildman–Crippen MR) is 60.3 cm³/mol. The normalized spacial score (nSPS) is 9.94. The zero-order valence-electron chi connectivity index (χ0n) is 8.77. The molecule has 0 radical (unpaired) electrons. The van der Waals surface area contributed by atoms with Crippen LogP contribution < -0.4 is 5.32 Å². The Morgan fingerprint density at radius 1 is 1.38 bits per heavy atom. The Balaban J connectivity index is 1.88. The lowest BCUT2D eigenvalue weighted by molar-refractivity contribution is 0.682. The second-order valence-electron chi connectivity index (χ2n) is 3.49. The average molecular weight is 212 g/mol. The van der Waals surface area contributed by atoms with E-state index in [0.29, 0.717) is 5.56 Å². The van der Waals surface area contributed by atoms with E-state index in [1.54, 1.807) is 18.6 Å². The van der Waals surface area contributed by atoms with Gasteiger partial charge < -0.3 is 10.3 Å². The molecule has 16 heavy (non-hydrogen) atoms. The number of aromatic nitrogens is 2. The van der Waals surface area contributed by atoms with Crippen molar-refractivity contribution in [3.63, 3.8) is 0 Å². The Hall–Kier alpha value is -2.12. The van der Waals surface area contributed by atoms with Crippen molar-refractivity contribution in [3.8, 4) is 6.07 Å². The Bertz CT molecular complexity index is 482. The van der Waals surface area contributed by atoms with E-state index in [4.69, 9.17) is 5.26 Å². The first-order valence-electron chi connectivity index (χ1n) is 5.05. The lowest BCUT2D eigenvalue weighted by Crippen LogP contribution is -2.12. The molecule has 4 heteroatoms. The van der Waals surface area contributed by atoms with Gasteiger partial charge in [0.15, 0.2) is 0 Å². The number of aromatic amines is 1. The fraction of sp³-hybridized carbons (Fsp3) is 0.167. The van der Waals surface area contributed by atoms with Crippen LogP contribution >= 0.6 is 0 Å². The molecule has 0 bridgehead atoms. The zero-order chi connectivity index (χ0) is 11.2. The number of imidazole rings is 1. The van der Waals surface area contributed by atoms with E-state index in [2.05, 4.69) is 21.4 Å². The third-order valence-corrected chi connectivity index (χ3v) is 2.26. The van der Waals surface area contributed by atoms with Crippen molar-refractivity contribution in [3.05, 3.63) is 53.6 Å². The van der Waals surface area contributed by atoms with Gasteiger partial charge in [-0.25, -0.2) is 4.98 Å². The van der Waals surface area contributed by atoms with Gasteiger partial charge >= 0.3 is 0 Å².